The summed E-state index contributed by atoms with van der Waals surface area (Å²) < 4.78 is 30.0. The molecule has 0 radical (unpaired) electrons. The summed E-state index contributed by atoms with van der Waals surface area (Å²) in [5.41, 5.74) is 0.0876. The predicted molar refractivity (Wildman–Crippen MR) is 45.1 cm³/mol. The molecule has 1 aliphatic carbocycles. The summed E-state index contributed by atoms with van der Waals surface area (Å²) in [5, 5.41) is 3.12. The first-order chi connectivity index (χ1) is 6.41. The zero-order valence-corrected chi connectivity index (χ0v) is 7.98. The number of esters is 1. The van der Waals surface area contributed by atoms with Gasteiger partial charge in [-0.15, -0.1) is 0 Å². The highest BCUT2D eigenvalue weighted by atomic mass is 19.3. The highest BCUT2D eigenvalue weighted by molar-refractivity contribution is 5.79. The van der Waals surface area contributed by atoms with Gasteiger partial charge in [-0.2, -0.15) is 8.78 Å². The maximum absolute atomic E-state index is 12.7. The zero-order valence-electron chi connectivity index (χ0n) is 7.98. The molecule has 0 aromatic rings. The lowest BCUT2D eigenvalue weighted by molar-refractivity contribution is -0.159. The Morgan fingerprint density at radius 2 is 2.21 bits per heavy atom. The summed E-state index contributed by atoms with van der Waals surface area (Å²) in [5.74, 6) is -4.66. The van der Waals surface area contributed by atoms with Gasteiger partial charge in [0.05, 0.1) is 6.42 Å². The van der Waals surface area contributed by atoms with Gasteiger partial charge in [0.1, 0.15) is 6.10 Å². The van der Waals surface area contributed by atoms with Crippen LogP contribution in [0.25, 0.3) is 0 Å². The van der Waals surface area contributed by atoms with Crippen molar-refractivity contribution < 1.29 is 18.3 Å². The van der Waals surface area contributed by atoms with E-state index in [1.807, 2.05) is 6.92 Å². The molecule has 80 valence electrons. The normalized spacial score (nSPS) is 32.8. The van der Waals surface area contributed by atoms with Gasteiger partial charge in [-0.1, -0.05) is 0 Å². The summed E-state index contributed by atoms with van der Waals surface area (Å²) in [4.78, 5) is 10.6. The fourth-order valence-electron chi connectivity index (χ4n) is 1.49. The van der Waals surface area contributed by atoms with Gasteiger partial charge in [0.25, 0.3) is 0 Å². The van der Waals surface area contributed by atoms with Gasteiger partial charge in [0.2, 0.25) is 0 Å². The molecule has 1 unspecified atom stereocenters. The van der Waals surface area contributed by atoms with Gasteiger partial charge in [-0.3, -0.25) is 0 Å². The van der Waals surface area contributed by atoms with Gasteiger partial charge in [0.15, 0.2) is 0 Å². The summed E-state index contributed by atoms with van der Waals surface area (Å²) in [7, 11) is 0. The van der Waals surface area contributed by atoms with Crippen LogP contribution in [0.15, 0.2) is 0 Å². The van der Waals surface area contributed by atoms with Crippen LogP contribution in [0.1, 0.15) is 26.2 Å². The first-order valence-corrected chi connectivity index (χ1v) is 4.75. The molecule has 14 heavy (non-hydrogen) atoms. The van der Waals surface area contributed by atoms with Crippen LogP contribution in [-0.2, 0) is 9.53 Å². The second kappa shape index (κ2) is 2.89. The van der Waals surface area contributed by atoms with Crippen molar-refractivity contribution in [3.05, 3.63) is 0 Å². The molecule has 1 N–H and O–H groups in total. The predicted octanol–water partition coefficient (Wildman–Crippen LogP) is 1.08. The summed E-state index contributed by atoms with van der Waals surface area (Å²) in [6.45, 7) is 2.36. The standard InChI is InChI=1S/C9H13F2NO2/c1-8(2-3-8)12-5-6-4-9(10,11)7(13)14-6/h6,12H,2-5H2,1H3. The fraction of sp³-hybridized carbons (Fsp3) is 0.889. The molecular weight excluding hydrogens is 192 g/mol. The number of hydrogen-bond donors (Lipinski definition) is 1. The number of nitrogens with one attached hydrogen (secondary N) is 1. The molecule has 2 aliphatic rings. The quantitative estimate of drug-likeness (QED) is 0.700. The number of ether oxygens (including phenoxy) is 1. The van der Waals surface area contributed by atoms with Crippen LogP contribution in [0.4, 0.5) is 8.78 Å². The molecule has 5 heteroatoms. The molecule has 3 nitrogen and oxygen atoms in total. The fourth-order valence-corrected chi connectivity index (χ4v) is 1.49. The van der Waals surface area contributed by atoms with E-state index < -0.39 is 24.4 Å². The highest BCUT2D eigenvalue weighted by Gasteiger charge is 2.51. The lowest BCUT2D eigenvalue weighted by Crippen LogP contribution is -2.35. The third-order valence-corrected chi connectivity index (χ3v) is 2.81. The lowest BCUT2D eigenvalue weighted by atomic mass is 10.2. The summed E-state index contributed by atoms with van der Waals surface area (Å²) in [6.07, 6.45) is 0.957. The van der Waals surface area contributed by atoms with Crippen LogP contribution in [0.5, 0.6) is 0 Å². The van der Waals surface area contributed by atoms with E-state index in [9.17, 15) is 13.6 Å². The molecule has 0 aromatic carbocycles. The van der Waals surface area contributed by atoms with E-state index in [0.29, 0.717) is 6.54 Å². The Hall–Kier alpha value is -0.710. The van der Waals surface area contributed by atoms with Crippen LogP contribution in [0, 0.1) is 0 Å². The van der Waals surface area contributed by atoms with Crippen LogP contribution < -0.4 is 5.32 Å². The van der Waals surface area contributed by atoms with Crippen LogP contribution in [0.2, 0.25) is 0 Å². The highest BCUT2D eigenvalue weighted by Crippen LogP contribution is 2.35. The zero-order chi connectivity index (χ0) is 10.4. The van der Waals surface area contributed by atoms with Crippen molar-refractivity contribution in [3.8, 4) is 0 Å². The third-order valence-electron chi connectivity index (χ3n) is 2.81. The van der Waals surface area contributed by atoms with E-state index in [1.165, 1.54) is 0 Å². The minimum absolute atomic E-state index is 0.0876. The SMILES string of the molecule is CC1(NCC2CC(F)(F)C(=O)O2)CC1. The molecule has 1 saturated carbocycles. The van der Waals surface area contributed by atoms with E-state index in [4.69, 9.17) is 0 Å². The van der Waals surface area contributed by atoms with E-state index in [-0.39, 0.29) is 5.54 Å². The topological polar surface area (TPSA) is 38.3 Å². The molecule has 2 fully saturated rings. The van der Waals surface area contributed by atoms with Crippen LogP contribution in [0.3, 0.4) is 0 Å². The average molecular weight is 205 g/mol. The molecule has 1 heterocycles. The van der Waals surface area contributed by atoms with Crippen molar-refractivity contribution in [2.24, 2.45) is 0 Å². The Balaban J connectivity index is 1.81. The van der Waals surface area contributed by atoms with E-state index >= 15 is 0 Å². The molecule has 0 spiro atoms. The minimum Gasteiger partial charge on any atom is -0.456 e. The first-order valence-electron chi connectivity index (χ1n) is 4.75. The summed E-state index contributed by atoms with van der Waals surface area (Å²) >= 11 is 0. The number of carbonyl (C=O) groups is 1. The van der Waals surface area contributed by atoms with Gasteiger partial charge in [0, 0.05) is 12.1 Å². The van der Waals surface area contributed by atoms with Gasteiger partial charge in [-0.25, -0.2) is 4.79 Å². The molecule has 2 rings (SSSR count). The first kappa shape index (κ1) is 9.83. The second-order valence-corrected chi connectivity index (χ2v) is 4.38. The lowest BCUT2D eigenvalue weighted by Gasteiger charge is -2.14. The average Bonchev–Trinajstić information content (AvgIpc) is 2.73. The number of carbonyl (C=O) groups excluding carboxylic acids is 1. The maximum atomic E-state index is 12.7. The van der Waals surface area contributed by atoms with Crippen molar-refractivity contribution in [2.45, 2.75) is 43.8 Å². The third kappa shape index (κ3) is 1.87. The summed E-state index contributed by atoms with van der Waals surface area (Å²) in [6, 6.07) is 0. The largest absolute Gasteiger partial charge is 0.456 e. The van der Waals surface area contributed by atoms with Crippen molar-refractivity contribution >= 4 is 5.97 Å². The van der Waals surface area contributed by atoms with Crippen molar-refractivity contribution in [1.82, 2.24) is 5.32 Å². The van der Waals surface area contributed by atoms with E-state index in [1.54, 1.807) is 0 Å². The molecule has 0 bridgehead atoms. The van der Waals surface area contributed by atoms with Crippen molar-refractivity contribution in [3.63, 3.8) is 0 Å². The Labute approximate surface area is 80.8 Å². The molecule has 1 saturated heterocycles. The number of halogens is 2. The molecular formula is C9H13F2NO2. The van der Waals surface area contributed by atoms with Crippen molar-refractivity contribution in [2.75, 3.05) is 6.54 Å². The molecule has 1 aliphatic heterocycles. The second-order valence-electron chi connectivity index (χ2n) is 4.38. The maximum Gasteiger partial charge on any atom is 0.377 e. The van der Waals surface area contributed by atoms with E-state index in [2.05, 4.69) is 10.1 Å². The van der Waals surface area contributed by atoms with Gasteiger partial charge < -0.3 is 10.1 Å². The van der Waals surface area contributed by atoms with Crippen LogP contribution >= 0.6 is 0 Å². The molecule has 0 aromatic heterocycles. The van der Waals surface area contributed by atoms with Gasteiger partial charge in [-0.05, 0) is 19.8 Å². The number of alkyl halides is 2. The number of hydrogen-bond acceptors (Lipinski definition) is 3. The molecule has 0 amide bonds. The Bertz CT molecular complexity index is 264. The number of rotatable bonds is 3. The monoisotopic (exact) mass is 205 g/mol. The smallest absolute Gasteiger partial charge is 0.377 e. The Morgan fingerprint density at radius 3 is 2.64 bits per heavy atom. The number of cyclic esters (lactones) is 1. The van der Waals surface area contributed by atoms with E-state index in [0.717, 1.165) is 12.8 Å². The van der Waals surface area contributed by atoms with Crippen molar-refractivity contribution in [1.29, 1.82) is 0 Å². The Morgan fingerprint density at radius 1 is 1.57 bits per heavy atom. The molecule has 1 atom stereocenters. The Kier molecular flexibility index (Phi) is 2.03. The minimum atomic E-state index is -3.28. The van der Waals surface area contributed by atoms with Gasteiger partial charge >= 0.3 is 11.9 Å². The van der Waals surface area contributed by atoms with Crippen LogP contribution in [-0.4, -0.2) is 30.1 Å².